The Bertz CT molecular complexity index is 534. The van der Waals surface area contributed by atoms with Crippen LogP contribution in [0.25, 0.3) is 0 Å². The number of hydrogen-bond donors (Lipinski definition) is 4. The molecule has 1 rings (SSSR count). The summed E-state index contributed by atoms with van der Waals surface area (Å²) in [4.78, 5) is 22.4. The van der Waals surface area contributed by atoms with Crippen molar-refractivity contribution in [3.05, 3.63) is 23.8 Å². The standard InChI is InChI=1S/C13H14N2O4/c1-3-5-8(2)14-13(19)15-10-7-4-6-9(11(10)16)12(17)18/h1,4,6-8,16H,5H2,2H3,(H,17,18)(H2,14,15,19). The molecule has 2 amide bonds. The third-order valence-electron chi connectivity index (χ3n) is 2.32. The van der Waals surface area contributed by atoms with Crippen LogP contribution >= 0.6 is 0 Å². The summed E-state index contributed by atoms with van der Waals surface area (Å²) in [6.07, 6.45) is 5.48. The van der Waals surface area contributed by atoms with Gasteiger partial charge in [0, 0.05) is 12.5 Å². The minimum atomic E-state index is -1.28. The fourth-order valence-electron chi connectivity index (χ4n) is 1.43. The second kappa shape index (κ2) is 6.31. The molecule has 0 aromatic heterocycles. The van der Waals surface area contributed by atoms with Crippen LogP contribution in [0.15, 0.2) is 18.2 Å². The third-order valence-corrected chi connectivity index (χ3v) is 2.32. The normalized spacial score (nSPS) is 11.2. The Kier molecular flexibility index (Phi) is 4.77. The van der Waals surface area contributed by atoms with Crippen molar-refractivity contribution in [3.8, 4) is 18.1 Å². The van der Waals surface area contributed by atoms with E-state index in [0.717, 1.165) is 0 Å². The van der Waals surface area contributed by atoms with Crippen molar-refractivity contribution < 1.29 is 19.8 Å². The number of aromatic hydroxyl groups is 1. The number of carboxylic acids is 1. The van der Waals surface area contributed by atoms with E-state index in [1.807, 2.05) is 0 Å². The van der Waals surface area contributed by atoms with Gasteiger partial charge in [-0.25, -0.2) is 9.59 Å². The Morgan fingerprint density at radius 1 is 1.47 bits per heavy atom. The fourth-order valence-corrected chi connectivity index (χ4v) is 1.43. The first-order valence-electron chi connectivity index (χ1n) is 5.52. The summed E-state index contributed by atoms with van der Waals surface area (Å²) in [5, 5.41) is 23.4. The van der Waals surface area contributed by atoms with E-state index < -0.39 is 17.7 Å². The topological polar surface area (TPSA) is 98.7 Å². The van der Waals surface area contributed by atoms with Crippen LogP contribution in [-0.4, -0.2) is 28.3 Å². The average molecular weight is 262 g/mol. The number of phenols is 1. The molecular weight excluding hydrogens is 248 g/mol. The Balaban J connectivity index is 2.78. The highest BCUT2D eigenvalue weighted by atomic mass is 16.4. The number of carbonyl (C=O) groups excluding carboxylic acids is 1. The van der Waals surface area contributed by atoms with Gasteiger partial charge < -0.3 is 20.8 Å². The molecule has 1 aromatic carbocycles. The molecule has 0 fully saturated rings. The van der Waals surface area contributed by atoms with Crippen LogP contribution in [-0.2, 0) is 0 Å². The van der Waals surface area contributed by atoms with E-state index in [0.29, 0.717) is 6.42 Å². The molecule has 0 saturated heterocycles. The van der Waals surface area contributed by atoms with Gasteiger partial charge in [-0.15, -0.1) is 12.3 Å². The summed E-state index contributed by atoms with van der Waals surface area (Å²) >= 11 is 0. The monoisotopic (exact) mass is 262 g/mol. The smallest absolute Gasteiger partial charge is 0.339 e. The zero-order chi connectivity index (χ0) is 14.4. The molecule has 0 saturated carbocycles. The zero-order valence-electron chi connectivity index (χ0n) is 10.3. The van der Waals surface area contributed by atoms with Gasteiger partial charge in [0.1, 0.15) is 5.56 Å². The molecule has 1 unspecified atom stereocenters. The molecule has 19 heavy (non-hydrogen) atoms. The van der Waals surface area contributed by atoms with E-state index in [1.165, 1.54) is 18.2 Å². The van der Waals surface area contributed by atoms with Crippen LogP contribution in [0.2, 0.25) is 0 Å². The highest BCUT2D eigenvalue weighted by Crippen LogP contribution is 2.27. The molecule has 1 aromatic rings. The zero-order valence-corrected chi connectivity index (χ0v) is 10.3. The minimum Gasteiger partial charge on any atom is -0.505 e. The number of hydrogen-bond acceptors (Lipinski definition) is 3. The summed E-state index contributed by atoms with van der Waals surface area (Å²) in [5.74, 6) is 0.636. The van der Waals surface area contributed by atoms with Gasteiger partial charge in [-0.3, -0.25) is 0 Å². The predicted octanol–water partition coefficient (Wildman–Crippen LogP) is 1.62. The highest BCUT2D eigenvalue weighted by molar-refractivity contribution is 5.97. The van der Waals surface area contributed by atoms with Gasteiger partial charge in [0.25, 0.3) is 0 Å². The number of amides is 2. The number of carbonyl (C=O) groups is 2. The number of urea groups is 1. The van der Waals surface area contributed by atoms with E-state index in [9.17, 15) is 14.7 Å². The van der Waals surface area contributed by atoms with Crippen molar-refractivity contribution in [3.63, 3.8) is 0 Å². The second-order valence-electron chi connectivity index (χ2n) is 3.91. The number of rotatable bonds is 4. The fraction of sp³-hybridized carbons (Fsp3) is 0.231. The first-order chi connectivity index (χ1) is 8.95. The van der Waals surface area contributed by atoms with Crippen molar-refractivity contribution in [1.29, 1.82) is 0 Å². The molecule has 0 aliphatic rings. The molecule has 0 spiro atoms. The lowest BCUT2D eigenvalue weighted by atomic mass is 10.1. The van der Waals surface area contributed by atoms with Crippen LogP contribution in [0.4, 0.5) is 10.5 Å². The molecule has 0 heterocycles. The van der Waals surface area contributed by atoms with Gasteiger partial charge >= 0.3 is 12.0 Å². The highest BCUT2D eigenvalue weighted by Gasteiger charge is 2.15. The lowest BCUT2D eigenvalue weighted by Gasteiger charge is -2.13. The summed E-state index contributed by atoms with van der Waals surface area (Å²) in [6.45, 7) is 1.73. The SMILES string of the molecule is C#CCC(C)NC(=O)Nc1cccc(C(=O)O)c1O. The second-order valence-corrected chi connectivity index (χ2v) is 3.91. The van der Waals surface area contributed by atoms with Crippen molar-refractivity contribution in [1.82, 2.24) is 5.32 Å². The average Bonchev–Trinajstić information content (AvgIpc) is 2.31. The van der Waals surface area contributed by atoms with Crippen LogP contribution < -0.4 is 10.6 Å². The summed E-state index contributed by atoms with van der Waals surface area (Å²) in [7, 11) is 0. The van der Waals surface area contributed by atoms with E-state index >= 15 is 0 Å². The van der Waals surface area contributed by atoms with Crippen LogP contribution in [0.1, 0.15) is 23.7 Å². The largest absolute Gasteiger partial charge is 0.505 e. The predicted molar refractivity (Wildman–Crippen MR) is 70.1 cm³/mol. The molecule has 6 nitrogen and oxygen atoms in total. The molecule has 4 N–H and O–H groups in total. The summed E-state index contributed by atoms with van der Waals surface area (Å²) < 4.78 is 0. The van der Waals surface area contributed by atoms with Gasteiger partial charge in [-0.1, -0.05) is 6.07 Å². The van der Waals surface area contributed by atoms with Crippen LogP contribution in [0.3, 0.4) is 0 Å². The number of benzene rings is 1. The maximum atomic E-state index is 11.6. The quantitative estimate of drug-likeness (QED) is 0.489. The van der Waals surface area contributed by atoms with Gasteiger partial charge in [0.15, 0.2) is 5.75 Å². The van der Waals surface area contributed by atoms with E-state index in [2.05, 4.69) is 16.6 Å². The van der Waals surface area contributed by atoms with Crippen molar-refractivity contribution in [2.24, 2.45) is 0 Å². The Morgan fingerprint density at radius 2 is 2.16 bits per heavy atom. The molecule has 100 valence electrons. The van der Waals surface area contributed by atoms with Crippen molar-refractivity contribution >= 4 is 17.7 Å². The molecule has 0 aliphatic heterocycles. The maximum Gasteiger partial charge on any atom is 0.339 e. The van der Waals surface area contributed by atoms with Crippen molar-refractivity contribution in [2.75, 3.05) is 5.32 Å². The lowest BCUT2D eigenvalue weighted by molar-refractivity contribution is 0.0693. The van der Waals surface area contributed by atoms with Gasteiger partial charge in [-0.2, -0.15) is 0 Å². The van der Waals surface area contributed by atoms with E-state index in [-0.39, 0.29) is 17.3 Å². The number of anilines is 1. The number of carboxylic acid groups (broad SMARTS) is 1. The van der Waals surface area contributed by atoms with Crippen LogP contribution in [0, 0.1) is 12.3 Å². The maximum absolute atomic E-state index is 11.6. The third kappa shape index (κ3) is 3.92. The Morgan fingerprint density at radius 3 is 2.74 bits per heavy atom. The summed E-state index contributed by atoms with van der Waals surface area (Å²) in [6, 6.07) is 3.26. The first-order valence-corrected chi connectivity index (χ1v) is 5.52. The van der Waals surface area contributed by atoms with Gasteiger partial charge in [-0.05, 0) is 19.1 Å². The van der Waals surface area contributed by atoms with Crippen molar-refractivity contribution in [2.45, 2.75) is 19.4 Å². The molecule has 6 heteroatoms. The Labute approximate surface area is 110 Å². The molecule has 0 bridgehead atoms. The van der Waals surface area contributed by atoms with Gasteiger partial charge in [0.05, 0.1) is 5.69 Å². The van der Waals surface area contributed by atoms with E-state index in [4.69, 9.17) is 11.5 Å². The lowest BCUT2D eigenvalue weighted by Crippen LogP contribution is -2.35. The van der Waals surface area contributed by atoms with Gasteiger partial charge in [0.2, 0.25) is 0 Å². The molecule has 0 aliphatic carbocycles. The Hall–Kier alpha value is -2.68. The molecular formula is C13H14N2O4. The van der Waals surface area contributed by atoms with Crippen LogP contribution in [0.5, 0.6) is 5.75 Å². The van der Waals surface area contributed by atoms with E-state index in [1.54, 1.807) is 6.92 Å². The first kappa shape index (κ1) is 14.4. The summed E-state index contributed by atoms with van der Waals surface area (Å²) in [5.41, 5.74) is -0.264. The number of para-hydroxylation sites is 1. The number of terminal acetylenes is 1. The molecule has 0 radical (unpaired) electrons. The minimum absolute atomic E-state index is 0.0188. The number of nitrogens with one attached hydrogen (secondary N) is 2. The molecule has 1 atom stereocenters. The number of aromatic carboxylic acids is 1.